The fourth-order valence-electron chi connectivity index (χ4n) is 3.54. The molecule has 0 bridgehead atoms. The molecule has 0 saturated carbocycles. The van der Waals surface area contributed by atoms with E-state index in [2.05, 4.69) is 10.7 Å². The van der Waals surface area contributed by atoms with Crippen LogP contribution in [0.15, 0.2) is 36.4 Å². The summed E-state index contributed by atoms with van der Waals surface area (Å²) < 4.78 is 0. The fourth-order valence-corrected chi connectivity index (χ4v) is 3.54. The number of amides is 3. The molecule has 0 aliphatic rings. The van der Waals surface area contributed by atoms with E-state index in [0.29, 0.717) is 13.0 Å². The van der Waals surface area contributed by atoms with Crippen LogP contribution < -0.4 is 16.2 Å². The Labute approximate surface area is 209 Å². The van der Waals surface area contributed by atoms with Gasteiger partial charge < -0.3 is 5.32 Å². The third kappa shape index (κ3) is 10.7. The molecule has 9 heteroatoms. The lowest BCUT2D eigenvalue weighted by Crippen LogP contribution is -2.56. The quantitative estimate of drug-likeness (QED) is 0.262. The van der Waals surface area contributed by atoms with Crippen LogP contribution in [0.25, 0.3) is 6.08 Å². The molecule has 1 aromatic carbocycles. The molecular weight excluding hydrogens is 456 g/mol. The summed E-state index contributed by atoms with van der Waals surface area (Å²) in [6.07, 6.45) is 4.40. The van der Waals surface area contributed by atoms with Crippen LogP contribution in [-0.4, -0.2) is 47.6 Å². The number of hydrogen-bond acceptors (Lipinski definition) is 5. The highest BCUT2D eigenvalue weighted by molar-refractivity contribution is 5.89. The fraction of sp³-hybridized carbons (Fsp3) is 0.560. The number of allylic oxidation sites excluding steroid dienone is 1. The molecule has 34 heavy (non-hydrogen) atoms. The van der Waals surface area contributed by atoms with Gasteiger partial charge in [-0.3, -0.25) is 30.0 Å². The lowest BCUT2D eigenvalue weighted by Gasteiger charge is -2.31. The topological polar surface area (TPSA) is 111 Å². The van der Waals surface area contributed by atoms with Crippen molar-refractivity contribution in [3.8, 4) is 0 Å². The number of likely N-dealkylation sites (N-methyl/N-ethyl adjacent to an activating group) is 1. The van der Waals surface area contributed by atoms with Crippen molar-refractivity contribution in [3.63, 3.8) is 0 Å². The van der Waals surface area contributed by atoms with Crippen LogP contribution in [0.2, 0.25) is 0 Å². The molecule has 0 aliphatic heterocycles. The summed E-state index contributed by atoms with van der Waals surface area (Å²) in [6, 6.07) is 9.15. The Morgan fingerprint density at radius 3 is 2.09 bits per heavy atom. The molecule has 0 aliphatic carbocycles. The lowest BCUT2D eigenvalue weighted by atomic mass is 9.82. The molecule has 0 fully saturated rings. The smallest absolute Gasteiger partial charge is 0.257 e. The first-order valence-electron chi connectivity index (χ1n) is 11.5. The average molecular weight is 497 g/mol. The summed E-state index contributed by atoms with van der Waals surface area (Å²) in [6.45, 7) is 9.92. The van der Waals surface area contributed by atoms with E-state index in [1.54, 1.807) is 19.5 Å². The van der Waals surface area contributed by atoms with E-state index in [0.717, 1.165) is 5.56 Å². The molecule has 1 rings (SSSR count). The van der Waals surface area contributed by atoms with Crippen LogP contribution in [0.3, 0.4) is 0 Å². The van der Waals surface area contributed by atoms with Gasteiger partial charge in [0.25, 0.3) is 5.91 Å². The van der Waals surface area contributed by atoms with E-state index in [4.69, 9.17) is 0 Å². The molecule has 4 N–H and O–H groups in total. The number of benzene rings is 1. The molecule has 0 unspecified atom stereocenters. The highest BCUT2D eigenvalue weighted by Crippen LogP contribution is 2.25. The summed E-state index contributed by atoms with van der Waals surface area (Å²) in [7, 11) is 1.68. The number of rotatable bonds is 12. The number of hydrazine groups is 1. The molecule has 1 aromatic rings. The van der Waals surface area contributed by atoms with Crippen LogP contribution >= 0.6 is 12.4 Å². The summed E-state index contributed by atoms with van der Waals surface area (Å²) in [5.74, 6) is -2.57. The van der Waals surface area contributed by atoms with Crippen LogP contribution in [0.4, 0.5) is 0 Å². The minimum absolute atomic E-state index is 0. The van der Waals surface area contributed by atoms with E-state index >= 15 is 0 Å². The van der Waals surface area contributed by atoms with E-state index < -0.39 is 29.7 Å². The van der Waals surface area contributed by atoms with E-state index in [9.17, 15) is 19.6 Å². The minimum Gasteiger partial charge on any atom is -0.309 e. The number of nitrogens with one attached hydrogen (secondary N) is 3. The molecule has 0 saturated heterocycles. The number of carbonyl (C=O) groups excluding carboxylic acids is 3. The van der Waals surface area contributed by atoms with Crippen LogP contribution in [-0.2, 0) is 14.4 Å². The Balaban J connectivity index is 0.0000109. The standard InChI is InChI=1S/C25H40N4O4.ClH/c1-17(2)15-22(23(30)27-29(16-18(3)4)25(32)19(5)26-6)21(24(31)28-33)14-10-13-20-11-8-7-9-12-20;/h7-13,17-19,21-22,26,33H,14-16H2,1-6H3,(H,27,30)(H,28,31);1H/b13-10+;/t19-,21+,22-;/m1./s1. The first-order valence-corrected chi connectivity index (χ1v) is 11.5. The van der Waals surface area contributed by atoms with Crippen molar-refractivity contribution in [2.45, 2.75) is 53.5 Å². The molecule has 0 heterocycles. The molecular formula is C25H41ClN4O4. The number of nitrogens with zero attached hydrogens (tertiary/aromatic N) is 1. The second-order valence-electron chi connectivity index (χ2n) is 9.20. The Bertz CT molecular complexity index is 786. The van der Waals surface area contributed by atoms with Gasteiger partial charge in [0.2, 0.25) is 11.8 Å². The minimum atomic E-state index is -0.796. The summed E-state index contributed by atoms with van der Waals surface area (Å²) >= 11 is 0. The van der Waals surface area contributed by atoms with Gasteiger partial charge >= 0.3 is 0 Å². The average Bonchev–Trinajstić information content (AvgIpc) is 2.78. The predicted molar refractivity (Wildman–Crippen MR) is 137 cm³/mol. The van der Waals surface area contributed by atoms with Crippen molar-refractivity contribution in [1.29, 1.82) is 0 Å². The van der Waals surface area contributed by atoms with Crippen LogP contribution in [0, 0.1) is 23.7 Å². The Kier molecular flexibility index (Phi) is 15.1. The second-order valence-corrected chi connectivity index (χ2v) is 9.20. The third-order valence-corrected chi connectivity index (χ3v) is 5.36. The normalized spacial score (nSPS) is 13.8. The maximum atomic E-state index is 13.4. The number of hydroxylamine groups is 1. The van der Waals surface area contributed by atoms with Gasteiger partial charge in [-0.25, -0.2) is 5.48 Å². The monoisotopic (exact) mass is 496 g/mol. The molecule has 192 valence electrons. The molecule has 0 radical (unpaired) electrons. The van der Waals surface area contributed by atoms with E-state index in [1.165, 1.54) is 5.01 Å². The van der Waals surface area contributed by atoms with Gasteiger partial charge in [-0.15, -0.1) is 12.4 Å². The molecule has 3 atom stereocenters. The van der Waals surface area contributed by atoms with Crippen molar-refractivity contribution in [2.24, 2.45) is 23.7 Å². The first kappa shape index (κ1) is 31.6. The lowest BCUT2D eigenvalue weighted by molar-refractivity contribution is -0.148. The Morgan fingerprint density at radius 1 is 0.971 bits per heavy atom. The van der Waals surface area contributed by atoms with Crippen molar-refractivity contribution in [3.05, 3.63) is 42.0 Å². The Morgan fingerprint density at radius 2 is 1.59 bits per heavy atom. The highest BCUT2D eigenvalue weighted by Gasteiger charge is 2.35. The van der Waals surface area contributed by atoms with Gasteiger partial charge in [-0.05, 0) is 44.2 Å². The van der Waals surface area contributed by atoms with Crippen molar-refractivity contribution >= 4 is 36.2 Å². The second kappa shape index (κ2) is 16.2. The van der Waals surface area contributed by atoms with Gasteiger partial charge in [0.1, 0.15) is 0 Å². The van der Waals surface area contributed by atoms with Gasteiger partial charge in [0.05, 0.1) is 17.9 Å². The van der Waals surface area contributed by atoms with E-state index in [-0.39, 0.29) is 36.6 Å². The molecule has 8 nitrogen and oxygen atoms in total. The van der Waals surface area contributed by atoms with Gasteiger partial charge in [0, 0.05) is 6.54 Å². The van der Waals surface area contributed by atoms with Gasteiger partial charge in [-0.1, -0.05) is 70.2 Å². The molecule has 0 aromatic heterocycles. The Hall–Kier alpha value is -2.42. The first-order chi connectivity index (χ1) is 15.6. The van der Waals surface area contributed by atoms with Crippen molar-refractivity contribution in [1.82, 2.24) is 21.2 Å². The van der Waals surface area contributed by atoms with Crippen molar-refractivity contribution < 1.29 is 19.6 Å². The van der Waals surface area contributed by atoms with Gasteiger partial charge in [0.15, 0.2) is 0 Å². The SMILES string of the molecule is CN[C@H](C)C(=O)N(CC(C)C)NC(=O)[C@H](CC(C)C)[C@H](C/C=C/c1ccccc1)C(=O)NO.Cl. The summed E-state index contributed by atoms with van der Waals surface area (Å²) in [5, 5.41) is 13.6. The molecule has 3 amide bonds. The van der Waals surface area contributed by atoms with Crippen LogP contribution in [0.1, 0.15) is 53.0 Å². The number of carbonyl (C=O) groups is 3. The maximum Gasteiger partial charge on any atom is 0.257 e. The largest absolute Gasteiger partial charge is 0.309 e. The van der Waals surface area contributed by atoms with Crippen LogP contribution in [0.5, 0.6) is 0 Å². The maximum absolute atomic E-state index is 13.4. The number of hydrogen-bond donors (Lipinski definition) is 4. The summed E-state index contributed by atoms with van der Waals surface area (Å²) in [4.78, 5) is 38.7. The van der Waals surface area contributed by atoms with Crippen molar-refractivity contribution in [2.75, 3.05) is 13.6 Å². The zero-order chi connectivity index (χ0) is 25.0. The highest BCUT2D eigenvalue weighted by atomic mass is 35.5. The van der Waals surface area contributed by atoms with Gasteiger partial charge in [-0.2, -0.15) is 0 Å². The molecule has 0 spiro atoms. The number of halogens is 1. The summed E-state index contributed by atoms with van der Waals surface area (Å²) in [5.41, 5.74) is 5.44. The zero-order valence-electron chi connectivity index (χ0n) is 21.1. The van der Waals surface area contributed by atoms with E-state index in [1.807, 2.05) is 70.2 Å². The third-order valence-electron chi connectivity index (χ3n) is 5.36. The predicted octanol–water partition coefficient (Wildman–Crippen LogP) is 3.42. The zero-order valence-corrected chi connectivity index (χ0v) is 21.9.